The smallest absolute Gasteiger partial charge is 0.394 e. The quantitative estimate of drug-likeness (QED) is 0.198. The minimum absolute atomic E-state index is 0.0412. The molecule has 1 atom stereocenters. The van der Waals surface area contributed by atoms with E-state index in [0.717, 1.165) is 4.57 Å². The minimum Gasteiger partial charge on any atom is -0.394 e. The number of hydrogen-bond acceptors (Lipinski definition) is 8. The van der Waals surface area contributed by atoms with Crippen LogP contribution in [0, 0.1) is 11.8 Å². The fourth-order valence-electron chi connectivity index (χ4n) is 5.15. The van der Waals surface area contributed by atoms with Gasteiger partial charge in [-0.2, -0.15) is 13.2 Å². The number of likely N-dealkylation sites (N-methyl/N-ethyl adjacent to an activating group) is 1. The number of nitrogens with one attached hydrogen (secondary N) is 2. The number of nitrogens with zero attached hydrogens (tertiary/aromatic N) is 3. The van der Waals surface area contributed by atoms with Gasteiger partial charge in [-0.3, -0.25) is 9.69 Å². The van der Waals surface area contributed by atoms with Crippen LogP contribution in [-0.4, -0.2) is 104 Å². The second-order valence-electron chi connectivity index (χ2n) is 11.0. The molecule has 15 heteroatoms. The highest BCUT2D eigenvalue weighted by atomic mass is 32.2. The highest BCUT2D eigenvalue weighted by Crippen LogP contribution is 2.31. The fourth-order valence-corrected chi connectivity index (χ4v) is 5.67. The molecule has 4 rings (SSSR count). The van der Waals surface area contributed by atoms with Crippen LogP contribution in [0.25, 0.3) is 10.9 Å². The molecule has 11 nitrogen and oxygen atoms in total. The summed E-state index contributed by atoms with van der Waals surface area (Å²) in [7, 11) is -2.25. The summed E-state index contributed by atoms with van der Waals surface area (Å²) in [6.07, 6.45) is -4.03. The number of fused-ring (bicyclic) bond motifs is 1. The first kappa shape index (κ1) is 34.1. The standard InChI is InChI=1S/C30H37F3N6O5S/c1-37(17-24(41)19-40)29(42)18-38-14-11-22(12-15-38)36-27-5-2-6-28-26(27)16-23(39(28)20-30(31,32)33)4-3-13-35-21-7-9-25(10-8-21)45(34,43)44/h2,5-10,16,22,24,35-36,40-41H,11-15,17-20H2,1H3,(H2,34,43,44). The van der Waals surface area contributed by atoms with Gasteiger partial charge in [-0.15, -0.1) is 0 Å². The van der Waals surface area contributed by atoms with Crippen LogP contribution in [-0.2, 0) is 21.4 Å². The number of hydrogen-bond donors (Lipinski definition) is 5. The van der Waals surface area contributed by atoms with Crippen LogP contribution in [0.3, 0.4) is 0 Å². The number of aliphatic hydroxyl groups is 2. The Morgan fingerprint density at radius 3 is 2.49 bits per heavy atom. The van der Waals surface area contributed by atoms with Crippen molar-refractivity contribution in [1.82, 2.24) is 14.4 Å². The molecule has 0 aliphatic carbocycles. The van der Waals surface area contributed by atoms with Crippen LogP contribution in [0.4, 0.5) is 24.5 Å². The molecule has 6 N–H and O–H groups in total. The average molecular weight is 651 g/mol. The molecular formula is C30H37F3N6O5S. The number of likely N-dealkylation sites (tertiary alicyclic amines) is 1. The minimum atomic E-state index is -4.47. The number of benzene rings is 2. The van der Waals surface area contributed by atoms with E-state index in [1.165, 1.54) is 29.2 Å². The Labute approximate surface area is 259 Å². The van der Waals surface area contributed by atoms with Gasteiger partial charge in [0, 0.05) is 49.5 Å². The number of carbonyl (C=O) groups is 1. The topological polar surface area (TPSA) is 153 Å². The van der Waals surface area contributed by atoms with Crippen molar-refractivity contribution >= 4 is 38.2 Å². The molecule has 0 bridgehead atoms. The summed E-state index contributed by atoms with van der Waals surface area (Å²) >= 11 is 0. The molecule has 0 radical (unpaired) electrons. The Bertz CT molecular complexity index is 1640. The van der Waals surface area contributed by atoms with Crippen molar-refractivity contribution in [3.8, 4) is 11.8 Å². The molecule has 244 valence electrons. The van der Waals surface area contributed by atoms with Gasteiger partial charge >= 0.3 is 6.18 Å². The number of alkyl halides is 3. The second kappa shape index (κ2) is 14.5. The van der Waals surface area contributed by atoms with E-state index in [1.54, 1.807) is 25.2 Å². The van der Waals surface area contributed by atoms with E-state index in [-0.39, 0.29) is 42.2 Å². The summed E-state index contributed by atoms with van der Waals surface area (Å²) in [6.45, 7) is -0.0113. The molecule has 45 heavy (non-hydrogen) atoms. The number of amides is 1. The maximum Gasteiger partial charge on any atom is 0.406 e. The van der Waals surface area contributed by atoms with E-state index >= 15 is 0 Å². The van der Waals surface area contributed by atoms with Crippen molar-refractivity contribution in [3.63, 3.8) is 0 Å². The van der Waals surface area contributed by atoms with Crippen LogP contribution in [0.1, 0.15) is 18.5 Å². The van der Waals surface area contributed by atoms with Gasteiger partial charge in [-0.25, -0.2) is 13.6 Å². The lowest BCUT2D eigenvalue weighted by molar-refractivity contribution is -0.140. The molecule has 1 amide bonds. The fraction of sp³-hybridized carbons (Fsp3) is 0.433. The largest absolute Gasteiger partial charge is 0.406 e. The van der Waals surface area contributed by atoms with Gasteiger partial charge in [0.05, 0.1) is 41.9 Å². The Morgan fingerprint density at radius 1 is 1.18 bits per heavy atom. The summed E-state index contributed by atoms with van der Waals surface area (Å²) in [5, 5.41) is 30.8. The van der Waals surface area contributed by atoms with Crippen molar-refractivity contribution in [2.45, 2.75) is 42.6 Å². The van der Waals surface area contributed by atoms with Gasteiger partial charge < -0.3 is 30.3 Å². The first-order valence-corrected chi connectivity index (χ1v) is 15.8. The number of sulfonamides is 1. The number of rotatable bonds is 11. The van der Waals surface area contributed by atoms with Crippen LogP contribution < -0.4 is 15.8 Å². The zero-order valence-corrected chi connectivity index (χ0v) is 25.5. The van der Waals surface area contributed by atoms with Gasteiger partial charge in [0.2, 0.25) is 15.9 Å². The lowest BCUT2D eigenvalue weighted by Crippen LogP contribution is -2.46. The Hall–Kier alpha value is -3.81. The zero-order valence-electron chi connectivity index (χ0n) is 24.7. The maximum absolute atomic E-state index is 13.6. The maximum atomic E-state index is 13.6. The third kappa shape index (κ3) is 9.59. The summed E-state index contributed by atoms with van der Waals surface area (Å²) in [5.74, 6) is 5.54. The second-order valence-corrected chi connectivity index (χ2v) is 12.6. The van der Waals surface area contributed by atoms with Crippen molar-refractivity contribution < 1.29 is 36.6 Å². The first-order chi connectivity index (χ1) is 21.2. The monoisotopic (exact) mass is 650 g/mol. The summed E-state index contributed by atoms with van der Waals surface area (Å²) in [4.78, 5) is 15.8. The molecule has 1 fully saturated rings. The number of aromatic nitrogens is 1. The number of carbonyl (C=O) groups excluding carboxylic acids is 1. The Kier molecular flexibility index (Phi) is 11.0. The van der Waals surface area contributed by atoms with E-state index in [0.29, 0.717) is 48.2 Å². The SMILES string of the molecule is CN(CC(O)CO)C(=O)CN1CCC(Nc2cccc3c2cc(C#CCNc2ccc(S(N)(=O)=O)cc2)n3CC(F)(F)F)CC1. The van der Waals surface area contributed by atoms with E-state index in [1.807, 2.05) is 11.0 Å². The molecule has 2 aromatic carbocycles. The van der Waals surface area contributed by atoms with Gasteiger partial charge in [-0.1, -0.05) is 12.0 Å². The van der Waals surface area contributed by atoms with Crippen LogP contribution in [0.5, 0.6) is 0 Å². The van der Waals surface area contributed by atoms with Gasteiger partial charge in [-0.05, 0) is 61.2 Å². The lowest BCUT2D eigenvalue weighted by Gasteiger charge is -2.33. The third-order valence-corrected chi connectivity index (χ3v) is 8.42. The number of piperidine rings is 1. The molecule has 1 aliphatic rings. The van der Waals surface area contributed by atoms with Crippen molar-refractivity contribution in [1.29, 1.82) is 0 Å². The Balaban J connectivity index is 1.43. The average Bonchev–Trinajstić information content (AvgIpc) is 3.32. The number of nitrogens with two attached hydrogens (primary N) is 1. The molecule has 1 aliphatic heterocycles. The molecule has 1 aromatic heterocycles. The van der Waals surface area contributed by atoms with Gasteiger partial charge in [0.15, 0.2) is 0 Å². The van der Waals surface area contributed by atoms with Crippen LogP contribution in [0.2, 0.25) is 0 Å². The summed E-state index contributed by atoms with van der Waals surface area (Å²) < 4.78 is 64.7. The van der Waals surface area contributed by atoms with Gasteiger partial charge in [0.1, 0.15) is 6.54 Å². The van der Waals surface area contributed by atoms with E-state index in [4.69, 9.17) is 10.2 Å². The van der Waals surface area contributed by atoms with Gasteiger partial charge in [0.25, 0.3) is 0 Å². The van der Waals surface area contributed by atoms with E-state index < -0.39 is 35.5 Å². The zero-order chi connectivity index (χ0) is 32.8. The Morgan fingerprint density at radius 2 is 1.87 bits per heavy atom. The van der Waals surface area contributed by atoms with Crippen LogP contribution >= 0.6 is 0 Å². The summed E-state index contributed by atoms with van der Waals surface area (Å²) in [6, 6.07) is 12.6. The molecule has 2 heterocycles. The summed E-state index contributed by atoms with van der Waals surface area (Å²) in [5.41, 5.74) is 1.86. The van der Waals surface area contributed by atoms with Crippen molar-refractivity contribution in [2.24, 2.45) is 5.14 Å². The van der Waals surface area contributed by atoms with E-state index in [9.17, 15) is 31.5 Å². The number of halogens is 3. The lowest BCUT2D eigenvalue weighted by atomic mass is 10.0. The third-order valence-electron chi connectivity index (χ3n) is 7.49. The molecule has 0 spiro atoms. The number of aliphatic hydroxyl groups excluding tert-OH is 2. The van der Waals surface area contributed by atoms with Crippen molar-refractivity contribution in [3.05, 3.63) is 54.2 Å². The first-order valence-electron chi connectivity index (χ1n) is 14.3. The molecule has 1 unspecified atom stereocenters. The molecule has 0 saturated carbocycles. The highest BCUT2D eigenvalue weighted by Gasteiger charge is 2.30. The predicted octanol–water partition coefficient (Wildman–Crippen LogP) is 2.00. The van der Waals surface area contributed by atoms with E-state index in [2.05, 4.69) is 22.5 Å². The molecule has 1 saturated heterocycles. The number of primary sulfonamides is 1. The predicted molar refractivity (Wildman–Crippen MR) is 165 cm³/mol. The normalized spacial score (nSPS) is 15.4. The molecular weight excluding hydrogens is 613 g/mol. The van der Waals surface area contributed by atoms with Crippen LogP contribution in [0.15, 0.2) is 53.4 Å². The molecule has 3 aromatic rings. The number of anilines is 2. The van der Waals surface area contributed by atoms with Crippen molar-refractivity contribution in [2.75, 3.05) is 57.0 Å². The highest BCUT2D eigenvalue weighted by molar-refractivity contribution is 7.89.